The highest BCUT2D eigenvalue weighted by molar-refractivity contribution is 5.86. The number of likely N-dealkylation sites (tertiary alicyclic amines) is 2. The first-order chi connectivity index (χ1) is 8.11. The largest absolute Gasteiger partial charge is 0.481 e. The molecular weight excluding hydrogens is 220 g/mol. The molecule has 2 saturated heterocycles. The van der Waals surface area contributed by atoms with E-state index in [-0.39, 0.29) is 18.4 Å². The summed E-state index contributed by atoms with van der Waals surface area (Å²) in [6.07, 6.45) is 2.95. The Morgan fingerprint density at radius 1 is 1.53 bits per heavy atom. The van der Waals surface area contributed by atoms with E-state index in [0.717, 1.165) is 26.1 Å². The van der Waals surface area contributed by atoms with Crippen molar-refractivity contribution in [2.45, 2.75) is 18.9 Å². The molecule has 2 aliphatic rings. The summed E-state index contributed by atoms with van der Waals surface area (Å²) in [7, 11) is 0. The molecule has 2 rings (SSSR count). The van der Waals surface area contributed by atoms with Crippen LogP contribution in [0.25, 0.3) is 0 Å². The van der Waals surface area contributed by atoms with Crippen molar-refractivity contribution in [2.75, 3.05) is 26.2 Å². The SMILES string of the molecule is C=CCN1CCC(N2CC(C(=O)O)CC2=O)C1. The van der Waals surface area contributed by atoms with E-state index in [1.807, 2.05) is 6.08 Å². The van der Waals surface area contributed by atoms with Gasteiger partial charge in [-0.05, 0) is 6.42 Å². The molecule has 0 aromatic heterocycles. The third-order valence-electron chi connectivity index (χ3n) is 3.58. The van der Waals surface area contributed by atoms with Crippen molar-refractivity contribution in [1.29, 1.82) is 0 Å². The fourth-order valence-electron chi connectivity index (χ4n) is 2.66. The molecule has 0 saturated carbocycles. The van der Waals surface area contributed by atoms with Crippen LogP contribution in [-0.4, -0.2) is 59.0 Å². The highest BCUT2D eigenvalue weighted by Crippen LogP contribution is 2.25. The van der Waals surface area contributed by atoms with Gasteiger partial charge in [0.15, 0.2) is 0 Å². The molecule has 0 aromatic rings. The molecule has 0 bridgehead atoms. The summed E-state index contributed by atoms with van der Waals surface area (Å²) >= 11 is 0. The lowest BCUT2D eigenvalue weighted by atomic mass is 10.1. The third-order valence-corrected chi connectivity index (χ3v) is 3.58. The lowest BCUT2D eigenvalue weighted by molar-refractivity contribution is -0.141. The standard InChI is InChI=1S/C12H18N2O3/c1-2-4-13-5-3-10(8-13)14-7-9(12(16)17)6-11(14)15/h2,9-10H,1,3-8H2,(H,16,17). The van der Waals surface area contributed by atoms with Crippen LogP contribution in [0.2, 0.25) is 0 Å². The number of carboxylic acids is 1. The average molecular weight is 238 g/mol. The van der Waals surface area contributed by atoms with E-state index in [1.165, 1.54) is 0 Å². The first-order valence-electron chi connectivity index (χ1n) is 5.97. The molecule has 0 aromatic carbocycles. The van der Waals surface area contributed by atoms with Crippen molar-refractivity contribution in [2.24, 2.45) is 5.92 Å². The highest BCUT2D eigenvalue weighted by atomic mass is 16.4. The van der Waals surface area contributed by atoms with Gasteiger partial charge in [-0.3, -0.25) is 14.5 Å². The predicted molar refractivity (Wildman–Crippen MR) is 62.5 cm³/mol. The van der Waals surface area contributed by atoms with Crippen LogP contribution in [0.1, 0.15) is 12.8 Å². The van der Waals surface area contributed by atoms with Crippen molar-refractivity contribution in [3.63, 3.8) is 0 Å². The quantitative estimate of drug-likeness (QED) is 0.710. The first-order valence-corrected chi connectivity index (χ1v) is 5.97. The van der Waals surface area contributed by atoms with E-state index in [2.05, 4.69) is 11.5 Å². The van der Waals surface area contributed by atoms with Gasteiger partial charge >= 0.3 is 5.97 Å². The summed E-state index contributed by atoms with van der Waals surface area (Å²) in [5.41, 5.74) is 0. The number of carboxylic acid groups (broad SMARTS) is 1. The number of hydrogen-bond acceptors (Lipinski definition) is 3. The summed E-state index contributed by atoms with van der Waals surface area (Å²) in [6.45, 7) is 6.70. The summed E-state index contributed by atoms with van der Waals surface area (Å²) in [4.78, 5) is 26.6. The number of carbonyl (C=O) groups excluding carboxylic acids is 1. The van der Waals surface area contributed by atoms with Crippen molar-refractivity contribution in [3.8, 4) is 0 Å². The van der Waals surface area contributed by atoms with Crippen molar-refractivity contribution in [1.82, 2.24) is 9.80 Å². The Morgan fingerprint density at radius 3 is 2.88 bits per heavy atom. The minimum Gasteiger partial charge on any atom is -0.481 e. The van der Waals surface area contributed by atoms with Crippen LogP contribution in [0, 0.1) is 5.92 Å². The molecule has 2 fully saturated rings. The van der Waals surface area contributed by atoms with Crippen LogP contribution in [0.15, 0.2) is 12.7 Å². The van der Waals surface area contributed by atoms with Crippen molar-refractivity contribution in [3.05, 3.63) is 12.7 Å². The van der Waals surface area contributed by atoms with Crippen molar-refractivity contribution >= 4 is 11.9 Å². The molecule has 2 atom stereocenters. The van der Waals surface area contributed by atoms with E-state index in [1.54, 1.807) is 4.90 Å². The van der Waals surface area contributed by atoms with Gasteiger partial charge in [0.25, 0.3) is 0 Å². The van der Waals surface area contributed by atoms with E-state index >= 15 is 0 Å². The van der Waals surface area contributed by atoms with Crippen molar-refractivity contribution < 1.29 is 14.7 Å². The zero-order chi connectivity index (χ0) is 12.4. The Hall–Kier alpha value is -1.36. The van der Waals surface area contributed by atoms with Crippen LogP contribution in [-0.2, 0) is 9.59 Å². The second kappa shape index (κ2) is 4.87. The fraction of sp³-hybridized carbons (Fsp3) is 0.667. The topological polar surface area (TPSA) is 60.9 Å². The minimum atomic E-state index is -0.859. The first kappa shape index (κ1) is 12.1. The Morgan fingerprint density at radius 2 is 2.29 bits per heavy atom. The molecule has 0 aliphatic carbocycles. The van der Waals surface area contributed by atoms with E-state index in [9.17, 15) is 9.59 Å². The number of amides is 1. The Bertz CT molecular complexity index is 343. The fourth-order valence-corrected chi connectivity index (χ4v) is 2.66. The smallest absolute Gasteiger partial charge is 0.308 e. The summed E-state index contributed by atoms with van der Waals surface area (Å²) in [5.74, 6) is -1.39. The number of aliphatic carboxylic acids is 1. The Labute approximate surface area is 101 Å². The minimum absolute atomic E-state index is 0.0112. The third kappa shape index (κ3) is 2.49. The molecular formula is C12H18N2O3. The highest BCUT2D eigenvalue weighted by Gasteiger charge is 2.39. The predicted octanol–water partition coefficient (Wildman–Crippen LogP) is 0.180. The van der Waals surface area contributed by atoms with E-state index < -0.39 is 11.9 Å². The van der Waals surface area contributed by atoms with Gasteiger partial charge < -0.3 is 10.0 Å². The van der Waals surface area contributed by atoms with Crippen LogP contribution in [0.4, 0.5) is 0 Å². The second-order valence-corrected chi connectivity index (χ2v) is 4.78. The van der Waals surface area contributed by atoms with Gasteiger partial charge in [-0.15, -0.1) is 6.58 Å². The zero-order valence-corrected chi connectivity index (χ0v) is 9.84. The van der Waals surface area contributed by atoms with Crippen LogP contribution >= 0.6 is 0 Å². The van der Waals surface area contributed by atoms with E-state index in [4.69, 9.17) is 5.11 Å². The summed E-state index contributed by atoms with van der Waals surface area (Å²) in [6, 6.07) is 0.187. The molecule has 1 N–H and O–H groups in total. The molecule has 5 heteroatoms. The van der Waals surface area contributed by atoms with Gasteiger partial charge in [0.1, 0.15) is 0 Å². The van der Waals surface area contributed by atoms with Crippen LogP contribution in [0.3, 0.4) is 0 Å². The normalized spacial score (nSPS) is 29.9. The Balaban J connectivity index is 1.93. The monoisotopic (exact) mass is 238 g/mol. The number of carbonyl (C=O) groups is 2. The van der Waals surface area contributed by atoms with Gasteiger partial charge in [0.2, 0.25) is 5.91 Å². The second-order valence-electron chi connectivity index (χ2n) is 4.78. The van der Waals surface area contributed by atoms with Gasteiger partial charge in [-0.25, -0.2) is 0 Å². The zero-order valence-electron chi connectivity index (χ0n) is 9.84. The molecule has 1 amide bonds. The molecule has 2 heterocycles. The van der Waals surface area contributed by atoms with Crippen LogP contribution in [0.5, 0.6) is 0 Å². The van der Waals surface area contributed by atoms with Gasteiger partial charge in [0, 0.05) is 38.6 Å². The van der Waals surface area contributed by atoms with Gasteiger partial charge in [0.05, 0.1) is 5.92 Å². The lowest BCUT2D eigenvalue weighted by Gasteiger charge is -2.24. The molecule has 0 radical (unpaired) electrons. The average Bonchev–Trinajstić information content (AvgIpc) is 2.85. The maximum atomic E-state index is 11.8. The van der Waals surface area contributed by atoms with Gasteiger partial charge in [-0.2, -0.15) is 0 Å². The van der Waals surface area contributed by atoms with Crippen LogP contribution < -0.4 is 0 Å². The summed E-state index contributed by atoms with van der Waals surface area (Å²) < 4.78 is 0. The maximum absolute atomic E-state index is 11.8. The Kier molecular flexibility index (Phi) is 3.47. The number of hydrogen-bond donors (Lipinski definition) is 1. The number of nitrogens with zero attached hydrogens (tertiary/aromatic N) is 2. The number of rotatable bonds is 4. The van der Waals surface area contributed by atoms with E-state index in [0.29, 0.717) is 6.54 Å². The summed E-state index contributed by atoms with van der Waals surface area (Å²) in [5, 5.41) is 8.93. The maximum Gasteiger partial charge on any atom is 0.308 e. The molecule has 2 unspecified atom stereocenters. The van der Waals surface area contributed by atoms with Gasteiger partial charge in [-0.1, -0.05) is 6.08 Å². The molecule has 17 heavy (non-hydrogen) atoms. The molecule has 0 spiro atoms. The molecule has 5 nitrogen and oxygen atoms in total. The lowest BCUT2D eigenvalue weighted by Crippen LogP contribution is -2.39. The molecule has 94 valence electrons. The molecule has 2 aliphatic heterocycles.